The Kier molecular flexibility index (Phi) is 5.29. The number of piperidine rings is 1. The van der Waals surface area contributed by atoms with Crippen LogP contribution >= 0.6 is 0 Å². The Labute approximate surface area is 154 Å². The van der Waals surface area contributed by atoms with Crippen molar-refractivity contribution in [1.82, 2.24) is 4.98 Å². The van der Waals surface area contributed by atoms with Crippen LogP contribution in [0.2, 0.25) is 0 Å². The zero-order valence-corrected chi connectivity index (χ0v) is 14.4. The average Bonchev–Trinajstić information content (AvgIpc) is 2.65. The third-order valence-electron chi connectivity index (χ3n) is 4.75. The van der Waals surface area contributed by atoms with Crippen LogP contribution in [0.4, 0.5) is 20.3 Å². The third-order valence-corrected chi connectivity index (χ3v) is 4.75. The number of rotatable bonds is 5. The van der Waals surface area contributed by atoms with Gasteiger partial charge in [-0.2, -0.15) is 0 Å². The van der Waals surface area contributed by atoms with Gasteiger partial charge >= 0.3 is 0 Å². The molecule has 2 heterocycles. The van der Waals surface area contributed by atoms with E-state index in [0.29, 0.717) is 25.3 Å². The summed E-state index contributed by atoms with van der Waals surface area (Å²) < 4.78 is 26.4. The summed E-state index contributed by atoms with van der Waals surface area (Å²) in [5.74, 6) is -1.88. The molecule has 0 unspecified atom stereocenters. The Bertz CT molecular complexity index is 883. The monoisotopic (exact) mass is 376 g/mol. The fraction of sp³-hybridized carbons (Fsp3) is 0.333. The summed E-state index contributed by atoms with van der Waals surface area (Å²) in [6.07, 6.45) is 3.25. The normalized spacial score (nSPS) is 15.0. The second-order valence-electron chi connectivity index (χ2n) is 6.57. The van der Waals surface area contributed by atoms with Gasteiger partial charge in [-0.3, -0.25) is 14.9 Å². The molecule has 2 aromatic rings. The maximum Gasteiger partial charge on any atom is 0.288 e. The number of anilines is 1. The number of carbonyl (C=O) groups is 1. The van der Waals surface area contributed by atoms with Crippen LogP contribution < -0.4 is 10.6 Å². The van der Waals surface area contributed by atoms with Gasteiger partial charge in [-0.15, -0.1) is 0 Å². The molecule has 1 aromatic carbocycles. The lowest BCUT2D eigenvalue weighted by Gasteiger charge is -2.33. The van der Waals surface area contributed by atoms with E-state index in [0.717, 1.165) is 36.7 Å². The molecule has 0 aliphatic carbocycles. The molecular weight excluding hydrogens is 358 g/mol. The van der Waals surface area contributed by atoms with E-state index in [1.807, 2.05) is 4.90 Å². The number of halogens is 2. The second-order valence-corrected chi connectivity index (χ2v) is 6.57. The molecule has 27 heavy (non-hydrogen) atoms. The van der Waals surface area contributed by atoms with E-state index in [2.05, 4.69) is 4.98 Å². The molecule has 142 valence electrons. The molecular formula is C18H18F2N4O3. The van der Waals surface area contributed by atoms with Gasteiger partial charge in [0.15, 0.2) is 11.6 Å². The molecule has 1 amide bonds. The first-order chi connectivity index (χ1) is 12.8. The molecule has 1 aliphatic heterocycles. The number of pyridine rings is 1. The molecule has 0 radical (unpaired) electrons. The molecule has 0 spiro atoms. The highest BCUT2D eigenvalue weighted by Crippen LogP contribution is 2.28. The predicted octanol–water partition coefficient (Wildman–Crippen LogP) is 2.83. The van der Waals surface area contributed by atoms with Gasteiger partial charge in [0.2, 0.25) is 0 Å². The Balaban J connectivity index is 1.69. The van der Waals surface area contributed by atoms with Crippen molar-refractivity contribution in [3.05, 3.63) is 63.3 Å². The van der Waals surface area contributed by atoms with Gasteiger partial charge in [0.1, 0.15) is 12.0 Å². The van der Waals surface area contributed by atoms with E-state index >= 15 is 0 Å². The van der Waals surface area contributed by atoms with E-state index in [-0.39, 0.29) is 17.2 Å². The van der Waals surface area contributed by atoms with Crippen LogP contribution in [-0.4, -0.2) is 28.9 Å². The molecule has 0 bridgehead atoms. The molecule has 2 N–H and O–H groups in total. The first kappa shape index (κ1) is 18.7. The van der Waals surface area contributed by atoms with E-state index in [1.165, 1.54) is 6.07 Å². The molecule has 1 saturated heterocycles. The molecule has 9 heteroatoms. The van der Waals surface area contributed by atoms with Gasteiger partial charge in [0.05, 0.1) is 10.5 Å². The summed E-state index contributed by atoms with van der Waals surface area (Å²) in [6.45, 7) is 1.17. The van der Waals surface area contributed by atoms with E-state index in [1.54, 1.807) is 6.07 Å². The SMILES string of the molecule is NC(=O)c1cc([N+](=O)[O-])cnc1N1CCC(Cc2ccc(F)c(F)c2)CC1. The quantitative estimate of drug-likeness (QED) is 0.638. The fourth-order valence-electron chi connectivity index (χ4n) is 3.33. The summed E-state index contributed by atoms with van der Waals surface area (Å²) in [5, 5.41) is 10.9. The summed E-state index contributed by atoms with van der Waals surface area (Å²) in [5.41, 5.74) is 5.81. The van der Waals surface area contributed by atoms with Crippen molar-refractivity contribution in [1.29, 1.82) is 0 Å². The number of nitro groups is 1. The van der Waals surface area contributed by atoms with Crippen LogP contribution in [0.25, 0.3) is 0 Å². The van der Waals surface area contributed by atoms with Gasteiger partial charge < -0.3 is 10.6 Å². The third kappa shape index (κ3) is 4.18. The number of benzene rings is 1. The minimum atomic E-state index is -0.864. The summed E-state index contributed by atoms with van der Waals surface area (Å²) in [7, 11) is 0. The van der Waals surface area contributed by atoms with Crippen LogP contribution in [0.15, 0.2) is 30.5 Å². The number of carbonyl (C=O) groups excluding carboxylic acids is 1. The van der Waals surface area contributed by atoms with Crippen molar-refractivity contribution in [3.63, 3.8) is 0 Å². The Morgan fingerprint density at radius 2 is 1.96 bits per heavy atom. The lowest BCUT2D eigenvalue weighted by Crippen LogP contribution is -2.36. The summed E-state index contributed by atoms with van der Waals surface area (Å²) >= 11 is 0. The number of aromatic nitrogens is 1. The highest BCUT2D eigenvalue weighted by atomic mass is 19.2. The van der Waals surface area contributed by atoms with Crippen molar-refractivity contribution >= 4 is 17.4 Å². The second kappa shape index (κ2) is 7.65. The first-order valence-electron chi connectivity index (χ1n) is 8.48. The van der Waals surface area contributed by atoms with Crippen molar-refractivity contribution in [2.45, 2.75) is 19.3 Å². The number of hydrogen-bond acceptors (Lipinski definition) is 5. The standard InChI is InChI=1S/C18H18F2N4O3/c19-15-2-1-12(8-16(15)20)7-11-3-5-23(6-4-11)18-14(17(21)25)9-13(10-22-18)24(26)27/h1-2,8-11H,3-7H2,(H2,21,25). The highest BCUT2D eigenvalue weighted by Gasteiger charge is 2.25. The van der Waals surface area contributed by atoms with E-state index in [4.69, 9.17) is 5.73 Å². The maximum absolute atomic E-state index is 13.3. The number of nitrogens with zero attached hydrogens (tertiary/aromatic N) is 3. The van der Waals surface area contributed by atoms with Crippen molar-refractivity contribution in [3.8, 4) is 0 Å². The first-order valence-corrected chi connectivity index (χ1v) is 8.48. The fourth-order valence-corrected chi connectivity index (χ4v) is 3.33. The van der Waals surface area contributed by atoms with Crippen LogP contribution in [-0.2, 0) is 6.42 Å². The van der Waals surface area contributed by atoms with Crippen molar-refractivity contribution < 1.29 is 18.5 Å². The topological polar surface area (TPSA) is 102 Å². The zero-order valence-electron chi connectivity index (χ0n) is 14.4. The van der Waals surface area contributed by atoms with Gasteiger partial charge in [0, 0.05) is 19.2 Å². The Morgan fingerprint density at radius 3 is 2.56 bits per heavy atom. The number of primary amides is 1. The number of amides is 1. The molecule has 0 saturated carbocycles. The summed E-state index contributed by atoms with van der Waals surface area (Å²) in [4.78, 5) is 27.9. The zero-order chi connectivity index (χ0) is 19.6. The number of hydrogen-bond donors (Lipinski definition) is 1. The van der Waals surface area contributed by atoms with E-state index < -0.39 is 22.5 Å². The number of nitrogens with two attached hydrogens (primary N) is 1. The van der Waals surface area contributed by atoms with Crippen molar-refractivity contribution in [2.24, 2.45) is 11.7 Å². The molecule has 7 nitrogen and oxygen atoms in total. The Hall–Kier alpha value is -3.10. The summed E-state index contributed by atoms with van der Waals surface area (Å²) in [6, 6.07) is 5.05. The lowest BCUT2D eigenvalue weighted by atomic mass is 9.90. The Morgan fingerprint density at radius 1 is 1.26 bits per heavy atom. The van der Waals surface area contributed by atoms with Crippen LogP contribution in [0.1, 0.15) is 28.8 Å². The highest BCUT2D eigenvalue weighted by molar-refractivity contribution is 5.98. The molecule has 1 fully saturated rings. The molecule has 0 atom stereocenters. The minimum Gasteiger partial charge on any atom is -0.365 e. The minimum absolute atomic E-state index is 0.0169. The van der Waals surface area contributed by atoms with Crippen molar-refractivity contribution in [2.75, 3.05) is 18.0 Å². The van der Waals surface area contributed by atoms with Gasteiger partial charge in [-0.25, -0.2) is 13.8 Å². The lowest BCUT2D eigenvalue weighted by molar-refractivity contribution is -0.385. The molecule has 1 aliphatic rings. The van der Waals surface area contributed by atoms with Gasteiger partial charge in [-0.1, -0.05) is 6.07 Å². The maximum atomic E-state index is 13.3. The predicted molar refractivity (Wildman–Crippen MR) is 94.4 cm³/mol. The van der Waals surface area contributed by atoms with Crippen LogP contribution in [0, 0.1) is 27.7 Å². The van der Waals surface area contributed by atoms with E-state index in [9.17, 15) is 23.7 Å². The largest absolute Gasteiger partial charge is 0.365 e. The van der Waals surface area contributed by atoms with Gasteiger partial charge in [-0.05, 0) is 42.9 Å². The molecule has 3 rings (SSSR count). The van der Waals surface area contributed by atoms with Crippen LogP contribution in [0.5, 0.6) is 0 Å². The smallest absolute Gasteiger partial charge is 0.288 e. The van der Waals surface area contributed by atoms with Crippen LogP contribution in [0.3, 0.4) is 0 Å². The average molecular weight is 376 g/mol. The van der Waals surface area contributed by atoms with Gasteiger partial charge in [0.25, 0.3) is 11.6 Å². The molecule has 1 aromatic heterocycles.